The number of benzene rings is 1. The van der Waals surface area contributed by atoms with E-state index in [1.165, 1.54) is 0 Å². The van der Waals surface area contributed by atoms with Gasteiger partial charge in [0.1, 0.15) is 5.75 Å². The summed E-state index contributed by atoms with van der Waals surface area (Å²) in [6, 6.07) is 7.52. The molecule has 0 bridgehead atoms. The summed E-state index contributed by atoms with van der Waals surface area (Å²) >= 11 is 0. The van der Waals surface area contributed by atoms with Gasteiger partial charge in [0.05, 0.1) is 6.61 Å². The summed E-state index contributed by atoms with van der Waals surface area (Å²) in [5, 5.41) is 2.55. The summed E-state index contributed by atoms with van der Waals surface area (Å²) in [5.41, 5.74) is 1.02. The van der Waals surface area contributed by atoms with Crippen molar-refractivity contribution in [3.63, 3.8) is 0 Å². The van der Waals surface area contributed by atoms with Crippen LogP contribution in [0.3, 0.4) is 0 Å². The number of amides is 1. The van der Waals surface area contributed by atoms with Crippen LogP contribution in [-0.2, 0) is 19.1 Å². The molecule has 1 aromatic rings. The van der Waals surface area contributed by atoms with Crippen molar-refractivity contribution in [2.75, 3.05) is 33.5 Å². The molecule has 22 heavy (non-hydrogen) atoms. The molecule has 0 saturated carbocycles. The van der Waals surface area contributed by atoms with Crippen molar-refractivity contribution in [2.45, 2.75) is 19.8 Å². The fourth-order valence-corrected chi connectivity index (χ4v) is 1.76. The maximum absolute atomic E-state index is 11.6. The van der Waals surface area contributed by atoms with Gasteiger partial charge in [-0.05, 0) is 17.5 Å². The average molecular weight is 309 g/mol. The summed E-state index contributed by atoms with van der Waals surface area (Å²) in [6.45, 7) is 4.34. The molecule has 0 fully saturated rings. The van der Waals surface area contributed by atoms with Gasteiger partial charge in [-0.25, -0.2) is 4.79 Å². The maximum Gasteiger partial charge on any atom is 0.344 e. The van der Waals surface area contributed by atoms with Gasteiger partial charge in [0.25, 0.3) is 5.91 Å². The van der Waals surface area contributed by atoms with Crippen molar-refractivity contribution < 1.29 is 23.8 Å². The number of carbonyl (C=O) groups is 2. The lowest BCUT2D eigenvalue weighted by molar-refractivity contribution is -0.150. The zero-order valence-corrected chi connectivity index (χ0v) is 13.3. The van der Waals surface area contributed by atoms with Gasteiger partial charge in [-0.15, -0.1) is 0 Å². The molecule has 0 atom stereocenters. The quantitative estimate of drug-likeness (QED) is 0.553. The van der Waals surface area contributed by atoms with Crippen LogP contribution in [0.5, 0.6) is 5.75 Å². The number of ether oxygens (including phenoxy) is 3. The highest BCUT2D eigenvalue weighted by Crippen LogP contribution is 2.25. The molecule has 6 nitrogen and oxygen atoms in total. The third-order valence-corrected chi connectivity index (χ3v) is 2.88. The van der Waals surface area contributed by atoms with Gasteiger partial charge in [-0.1, -0.05) is 32.0 Å². The Morgan fingerprint density at radius 1 is 1.18 bits per heavy atom. The van der Waals surface area contributed by atoms with E-state index in [-0.39, 0.29) is 19.1 Å². The lowest BCUT2D eigenvalue weighted by atomic mass is 10.0. The molecule has 1 rings (SSSR count). The summed E-state index contributed by atoms with van der Waals surface area (Å²) in [5.74, 6) is -0.00814. The van der Waals surface area contributed by atoms with E-state index < -0.39 is 5.97 Å². The molecule has 1 amide bonds. The van der Waals surface area contributed by atoms with E-state index in [2.05, 4.69) is 5.32 Å². The molecule has 0 unspecified atom stereocenters. The molecule has 0 radical (unpaired) electrons. The molecular weight excluding hydrogens is 286 g/mol. The first-order valence-electron chi connectivity index (χ1n) is 7.17. The maximum atomic E-state index is 11.6. The summed E-state index contributed by atoms with van der Waals surface area (Å²) in [4.78, 5) is 22.9. The minimum absolute atomic E-state index is 0.227. The lowest BCUT2D eigenvalue weighted by Crippen LogP contribution is -2.32. The van der Waals surface area contributed by atoms with Crippen LogP contribution in [0.1, 0.15) is 25.3 Å². The van der Waals surface area contributed by atoms with Crippen molar-refractivity contribution in [1.82, 2.24) is 5.32 Å². The second-order valence-electron chi connectivity index (χ2n) is 4.98. The first-order valence-corrected chi connectivity index (χ1v) is 7.17. The summed E-state index contributed by atoms with van der Waals surface area (Å²) < 4.78 is 15.1. The van der Waals surface area contributed by atoms with Crippen LogP contribution < -0.4 is 10.1 Å². The number of methoxy groups -OCH3 is 1. The van der Waals surface area contributed by atoms with Gasteiger partial charge in [0.2, 0.25) is 0 Å². The highest BCUT2D eigenvalue weighted by Gasteiger charge is 2.11. The fourth-order valence-electron chi connectivity index (χ4n) is 1.76. The molecule has 0 heterocycles. The molecule has 0 aromatic heterocycles. The third kappa shape index (κ3) is 6.58. The summed E-state index contributed by atoms with van der Waals surface area (Å²) in [7, 11) is 1.54. The highest BCUT2D eigenvalue weighted by molar-refractivity contribution is 5.80. The van der Waals surface area contributed by atoms with Crippen molar-refractivity contribution in [3.8, 4) is 5.75 Å². The Labute approximate surface area is 130 Å². The van der Waals surface area contributed by atoms with Crippen LogP contribution in [0.25, 0.3) is 0 Å². The number of para-hydroxylation sites is 1. The van der Waals surface area contributed by atoms with E-state index >= 15 is 0 Å². The first kappa shape index (κ1) is 18.0. The van der Waals surface area contributed by atoms with Crippen LogP contribution in [0.15, 0.2) is 24.3 Å². The van der Waals surface area contributed by atoms with E-state index in [1.807, 2.05) is 32.0 Å². The normalized spacial score (nSPS) is 10.4. The molecule has 122 valence electrons. The van der Waals surface area contributed by atoms with E-state index in [1.54, 1.807) is 13.2 Å². The molecule has 0 aliphatic carbocycles. The first-order chi connectivity index (χ1) is 10.5. The number of rotatable bonds is 9. The molecule has 0 saturated heterocycles. The minimum atomic E-state index is -0.583. The van der Waals surface area contributed by atoms with E-state index in [0.717, 1.165) is 5.56 Å². The van der Waals surface area contributed by atoms with Gasteiger partial charge in [0.15, 0.2) is 13.2 Å². The second-order valence-corrected chi connectivity index (χ2v) is 4.98. The Kier molecular flexibility index (Phi) is 7.99. The van der Waals surface area contributed by atoms with Crippen molar-refractivity contribution in [2.24, 2.45) is 0 Å². The van der Waals surface area contributed by atoms with Crippen LogP contribution >= 0.6 is 0 Å². The molecule has 6 heteroatoms. The number of hydrogen-bond acceptors (Lipinski definition) is 5. The smallest absolute Gasteiger partial charge is 0.344 e. The van der Waals surface area contributed by atoms with Crippen molar-refractivity contribution >= 4 is 11.9 Å². The van der Waals surface area contributed by atoms with Crippen molar-refractivity contribution in [1.29, 1.82) is 0 Å². The van der Waals surface area contributed by atoms with Crippen LogP contribution in [0.2, 0.25) is 0 Å². The zero-order chi connectivity index (χ0) is 16.4. The topological polar surface area (TPSA) is 73.9 Å². The lowest BCUT2D eigenvalue weighted by Gasteiger charge is -2.13. The number of esters is 1. The van der Waals surface area contributed by atoms with Gasteiger partial charge >= 0.3 is 5.97 Å². The fraction of sp³-hybridized carbons (Fsp3) is 0.500. The van der Waals surface area contributed by atoms with Gasteiger partial charge in [-0.3, -0.25) is 4.79 Å². The molecule has 0 aliphatic heterocycles. The van der Waals surface area contributed by atoms with Crippen LogP contribution in [0, 0.1) is 0 Å². The van der Waals surface area contributed by atoms with Crippen LogP contribution in [0.4, 0.5) is 0 Å². The minimum Gasteiger partial charge on any atom is -0.482 e. The van der Waals surface area contributed by atoms with Gasteiger partial charge in [-0.2, -0.15) is 0 Å². The van der Waals surface area contributed by atoms with E-state index in [4.69, 9.17) is 14.2 Å². The Morgan fingerprint density at radius 2 is 1.91 bits per heavy atom. The Bertz CT molecular complexity index is 487. The molecule has 1 N–H and O–H groups in total. The number of hydrogen-bond donors (Lipinski definition) is 1. The predicted octanol–water partition coefficient (Wildman–Crippen LogP) is 1.49. The SMILES string of the molecule is COCCNC(=O)COC(=O)COc1ccccc1C(C)C. The van der Waals surface area contributed by atoms with Gasteiger partial charge < -0.3 is 19.5 Å². The molecular formula is C16H23NO5. The molecule has 0 spiro atoms. The predicted molar refractivity (Wildman–Crippen MR) is 81.9 cm³/mol. The van der Waals surface area contributed by atoms with E-state index in [9.17, 15) is 9.59 Å². The number of carbonyl (C=O) groups excluding carboxylic acids is 2. The third-order valence-electron chi connectivity index (χ3n) is 2.88. The van der Waals surface area contributed by atoms with Crippen molar-refractivity contribution in [3.05, 3.63) is 29.8 Å². The Morgan fingerprint density at radius 3 is 2.59 bits per heavy atom. The van der Waals surface area contributed by atoms with Gasteiger partial charge in [0, 0.05) is 13.7 Å². The Balaban J connectivity index is 2.33. The average Bonchev–Trinajstić information content (AvgIpc) is 2.51. The Hall–Kier alpha value is -2.08. The molecule has 0 aliphatic rings. The standard InChI is InChI=1S/C16H23NO5/c1-12(2)13-6-4-5-7-14(13)21-11-16(19)22-10-15(18)17-8-9-20-3/h4-7,12H,8-11H2,1-3H3,(H,17,18). The monoisotopic (exact) mass is 309 g/mol. The largest absolute Gasteiger partial charge is 0.482 e. The highest BCUT2D eigenvalue weighted by atomic mass is 16.6. The zero-order valence-electron chi connectivity index (χ0n) is 13.3. The summed E-state index contributed by atoms with van der Waals surface area (Å²) in [6.07, 6.45) is 0. The van der Waals surface area contributed by atoms with Crippen LogP contribution in [-0.4, -0.2) is 45.4 Å². The number of nitrogens with one attached hydrogen (secondary N) is 1. The van der Waals surface area contributed by atoms with E-state index in [0.29, 0.717) is 24.8 Å². The molecule has 1 aromatic carbocycles. The second kappa shape index (κ2) is 9.78.